The Morgan fingerprint density at radius 3 is 0.595 bits per heavy atom. The van der Waals surface area contributed by atoms with Gasteiger partial charge in [0.05, 0.1) is 12.3 Å². The number of rotatable bonds is 10. The van der Waals surface area contributed by atoms with E-state index in [9.17, 15) is 0 Å². The molecule has 0 saturated carbocycles. The molecule has 0 fully saturated rings. The van der Waals surface area contributed by atoms with Crippen LogP contribution in [0.3, 0.4) is 0 Å². The predicted octanol–water partition coefficient (Wildman–Crippen LogP) is 7.94. The predicted molar refractivity (Wildman–Crippen MR) is 195 cm³/mol. The summed E-state index contributed by atoms with van der Waals surface area (Å²) in [7, 11) is -3.79. The fraction of sp³-hybridized carbons (Fsp3) is 0.0769. The van der Waals surface area contributed by atoms with Crippen LogP contribution < -0.4 is 31.8 Å². The van der Waals surface area contributed by atoms with E-state index < -0.39 is 14.5 Å². The van der Waals surface area contributed by atoms with Crippen molar-refractivity contribution in [3.05, 3.63) is 182 Å². The summed E-state index contributed by atoms with van der Waals surface area (Å²) in [5.41, 5.74) is 0. The van der Waals surface area contributed by atoms with Crippen LogP contribution in [-0.4, -0.2) is 12.3 Å². The van der Waals surface area contributed by atoms with Crippen LogP contribution in [0.5, 0.6) is 0 Å². The number of hydrogen-bond acceptors (Lipinski definition) is 0. The van der Waals surface area contributed by atoms with Gasteiger partial charge in [0.1, 0.15) is 46.4 Å². The van der Waals surface area contributed by atoms with Crippen LogP contribution in [0.15, 0.2) is 182 Å². The minimum atomic E-state index is -1.90. The summed E-state index contributed by atoms with van der Waals surface area (Å²) in [6.45, 7) is 0. The molecule has 0 amide bonds. The molecule has 0 aromatic heterocycles. The zero-order chi connectivity index (χ0) is 27.8. The highest BCUT2D eigenvalue weighted by Gasteiger charge is 2.49. The third-order valence-corrected chi connectivity index (χ3v) is 17.2. The summed E-state index contributed by atoms with van der Waals surface area (Å²) >= 11 is 0. The van der Waals surface area contributed by atoms with Crippen molar-refractivity contribution < 1.29 is 0 Å². The van der Waals surface area contributed by atoms with Gasteiger partial charge in [0.15, 0.2) is 0 Å². The van der Waals surface area contributed by atoms with Crippen LogP contribution in [0.4, 0.5) is 0 Å². The van der Waals surface area contributed by atoms with Crippen molar-refractivity contribution in [1.82, 2.24) is 0 Å². The first-order valence-corrected chi connectivity index (χ1v) is 18.4. The SMILES string of the molecule is Br.c1ccc([P+](CCC[P+](c2ccccc2)(c2ccccc2)c2ccccc2)(c2ccccc2)c2ccccc2)cc1. The van der Waals surface area contributed by atoms with Gasteiger partial charge < -0.3 is 0 Å². The highest BCUT2D eigenvalue weighted by atomic mass is 79.9. The molecule has 3 heteroatoms. The highest BCUT2D eigenvalue weighted by Crippen LogP contribution is 2.60. The van der Waals surface area contributed by atoms with Crippen LogP contribution in [0, 0.1) is 0 Å². The highest BCUT2D eigenvalue weighted by molar-refractivity contribution is 8.93. The van der Waals surface area contributed by atoms with Crippen molar-refractivity contribution in [2.45, 2.75) is 6.42 Å². The minimum absolute atomic E-state index is 0. The van der Waals surface area contributed by atoms with Crippen LogP contribution >= 0.6 is 31.5 Å². The van der Waals surface area contributed by atoms with Gasteiger partial charge in [-0.05, 0) is 72.8 Å². The van der Waals surface area contributed by atoms with Gasteiger partial charge in [0, 0.05) is 6.42 Å². The molecule has 0 spiro atoms. The monoisotopic (exact) mass is 646 g/mol. The zero-order valence-electron chi connectivity index (χ0n) is 23.7. The lowest BCUT2D eigenvalue weighted by Gasteiger charge is -2.30. The summed E-state index contributed by atoms with van der Waals surface area (Å²) in [5.74, 6) is 0. The third-order valence-electron chi connectivity index (χ3n) is 8.17. The Kier molecular flexibility index (Phi) is 10.2. The molecule has 6 aromatic rings. The molecule has 0 nitrogen and oxygen atoms in total. The zero-order valence-corrected chi connectivity index (χ0v) is 27.2. The molecule has 42 heavy (non-hydrogen) atoms. The van der Waals surface area contributed by atoms with Gasteiger partial charge in [-0.25, -0.2) is 0 Å². The van der Waals surface area contributed by atoms with Gasteiger partial charge in [-0.2, -0.15) is 0 Å². The minimum Gasteiger partial charge on any atom is -0.114 e. The van der Waals surface area contributed by atoms with Crippen molar-refractivity contribution in [1.29, 1.82) is 0 Å². The molecule has 6 aromatic carbocycles. The Bertz CT molecular complexity index is 1310. The van der Waals surface area contributed by atoms with Crippen molar-refractivity contribution in [3.63, 3.8) is 0 Å². The maximum Gasteiger partial charge on any atom is 0.112 e. The fourth-order valence-corrected chi connectivity index (χ4v) is 15.2. The van der Waals surface area contributed by atoms with Crippen LogP contribution in [0.1, 0.15) is 6.42 Å². The van der Waals surface area contributed by atoms with E-state index in [0.29, 0.717) is 0 Å². The molecule has 0 aliphatic heterocycles. The summed E-state index contributed by atoms with van der Waals surface area (Å²) in [6, 6.07) is 67.8. The number of hydrogen-bond donors (Lipinski definition) is 0. The van der Waals surface area contributed by atoms with E-state index in [4.69, 9.17) is 0 Å². The van der Waals surface area contributed by atoms with E-state index in [-0.39, 0.29) is 17.0 Å². The van der Waals surface area contributed by atoms with Gasteiger partial charge in [-0.3, -0.25) is 0 Å². The molecule has 0 unspecified atom stereocenters. The van der Waals surface area contributed by atoms with Crippen LogP contribution in [0.25, 0.3) is 0 Å². The van der Waals surface area contributed by atoms with Gasteiger partial charge in [0.2, 0.25) is 0 Å². The second kappa shape index (κ2) is 14.2. The Labute approximate surface area is 262 Å². The number of halogens is 1. The average Bonchev–Trinajstić information content (AvgIpc) is 3.08. The largest absolute Gasteiger partial charge is 0.114 e. The molecule has 0 atom stereocenters. The lowest BCUT2D eigenvalue weighted by Crippen LogP contribution is -2.36. The van der Waals surface area contributed by atoms with E-state index >= 15 is 0 Å². The van der Waals surface area contributed by atoms with E-state index in [1.165, 1.54) is 31.8 Å². The summed E-state index contributed by atoms with van der Waals surface area (Å²) in [4.78, 5) is 0. The molecule has 6 rings (SSSR count). The molecule has 0 radical (unpaired) electrons. The summed E-state index contributed by atoms with van der Waals surface area (Å²) in [6.07, 6.45) is 3.37. The Morgan fingerprint density at radius 1 is 0.262 bits per heavy atom. The molecule has 0 bridgehead atoms. The van der Waals surface area contributed by atoms with Crippen LogP contribution in [-0.2, 0) is 0 Å². The summed E-state index contributed by atoms with van der Waals surface area (Å²) in [5, 5.41) is 8.75. The average molecular weight is 648 g/mol. The van der Waals surface area contributed by atoms with Crippen molar-refractivity contribution in [3.8, 4) is 0 Å². The normalized spacial score (nSPS) is 11.4. The maximum absolute atomic E-state index is 2.36. The van der Waals surface area contributed by atoms with E-state index in [0.717, 1.165) is 18.7 Å². The van der Waals surface area contributed by atoms with Crippen LogP contribution in [0.2, 0.25) is 0 Å². The van der Waals surface area contributed by atoms with Crippen molar-refractivity contribution in [2.75, 3.05) is 12.3 Å². The van der Waals surface area contributed by atoms with Gasteiger partial charge in [0.25, 0.3) is 0 Å². The summed E-state index contributed by atoms with van der Waals surface area (Å²) < 4.78 is 0. The Hall–Kier alpha value is -3.34. The third kappa shape index (κ3) is 5.93. The van der Waals surface area contributed by atoms with Gasteiger partial charge >= 0.3 is 0 Å². The molecule has 0 aliphatic rings. The fourth-order valence-electron chi connectivity index (χ4n) is 6.31. The van der Waals surface area contributed by atoms with E-state index in [2.05, 4.69) is 182 Å². The molecular weight excluding hydrogens is 610 g/mol. The standard InChI is InChI=1S/C39H36P2.BrH/c1-7-20-34(21-8-1)40(35-22-9-2-10-23-35,36-24-11-3-12-25-36)32-19-33-41(37-26-13-4-14-27-37,38-28-15-5-16-29-38)39-30-17-6-18-31-39;/h1-18,20-31H,19,32-33H2;1H/q+2;. The molecular formula is C39H37BrP2+2. The number of benzene rings is 6. The quantitative estimate of drug-likeness (QED) is 0.133. The molecule has 0 aliphatic carbocycles. The lowest BCUT2D eigenvalue weighted by atomic mass is 10.3. The first kappa shape index (κ1) is 30.1. The lowest BCUT2D eigenvalue weighted by molar-refractivity contribution is 1.10. The first-order chi connectivity index (χ1) is 20.3. The second-order valence-electron chi connectivity index (χ2n) is 10.4. The molecule has 208 valence electrons. The van der Waals surface area contributed by atoms with Crippen molar-refractivity contribution >= 4 is 63.3 Å². The second-order valence-corrected chi connectivity index (χ2v) is 17.7. The van der Waals surface area contributed by atoms with Gasteiger partial charge in [-0.1, -0.05) is 109 Å². The Balaban J connectivity index is 0.00000353. The molecule has 0 saturated heterocycles. The maximum atomic E-state index is 2.36. The molecule has 0 heterocycles. The van der Waals surface area contributed by atoms with Gasteiger partial charge in [-0.15, -0.1) is 17.0 Å². The Morgan fingerprint density at radius 2 is 0.429 bits per heavy atom. The first-order valence-electron chi connectivity index (χ1n) is 14.4. The van der Waals surface area contributed by atoms with E-state index in [1.807, 2.05) is 0 Å². The van der Waals surface area contributed by atoms with Crippen molar-refractivity contribution in [2.24, 2.45) is 0 Å². The van der Waals surface area contributed by atoms with E-state index in [1.54, 1.807) is 0 Å². The topological polar surface area (TPSA) is 0 Å². The smallest absolute Gasteiger partial charge is 0.112 e. The molecule has 0 N–H and O–H groups in total.